The third-order valence-electron chi connectivity index (χ3n) is 2.90. The summed E-state index contributed by atoms with van der Waals surface area (Å²) in [4.78, 5) is 0. The molecule has 1 rings (SSSR count). The quantitative estimate of drug-likeness (QED) is 0.805. The summed E-state index contributed by atoms with van der Waals surface area (Å²) < 4.78 is 11.0. The first-order valence-corrected chi connectivity index (χ1v) is 5.60. The third kappa shape index (κ3) is 3.51. The van der Waals surface area contributed by atoms with Gasteiger partial charge in [0.05, 0.1) is 19.3 Å². The Morgan fingerprint density at radius 2 is 2.12 bits per heavy atom. The number of hydrogen-bond donors (Lipinski definition) is 1. The minimum Gasteiger partial charge on any atom is -0.497 e. The molecule has 0 heterocycles. The van der Waals surface area contributed by atoms with Gasteiger partial charge in [0.25, 0.3) is 0 Å². The van der Waals surface area contributed by atoms with Gasteiger partial charge in [-0.25, -0.2) is 0 Å². The number of hydrogen-bond acceptors (Lipinski definition) is 3. The molecule has 0 aliphatic heterocycles. The van der Waals surface area contributed by atoms with Crippen LogP contribution >= 0.6 is 0 Å². The highest BCUT2D eigenvalue weighted by Gasteiger charge is 2.20. The number of benzene rings is 1. The highest BCUT2D eigenvalue weighted by Crippen LogP contribution is 2.18. The van der Waals surface area contributed by atoms with Crippen LogP contribution in [0.3, 0.4) is 0 Å². The number of methoxy groups -OCH3 is 1. The van der Waals surface area contributed by atoms with Gasteiger partial charge in [0.1, 0.15) is 5.75 Å². The van der Waals surface area contributed by atoms with E-state index in [1.54, 1.807) is 7.11 Å². The smallest absolute Gasteiger partial charge is 0.119 e. The van der Waals surface area contributed by atoms with Crippen molar-refractivity contribution in [1.82, 2.24) is 0 Å². The molecule has 90 valence electrons. The largest absolute Gasteiger partial charge is 0.497 e. The van der Waals surface area contributed by atoms with Crippen LogP contribution in [0.2, 0.25) is 0 Å². The van der Waals surface area contributed by atoms with E-state index in [2.05, 4.69) is 6.92 Å². The maximum atomic E-state index is 5.83. The second kappa shape index (κ2) is 5.87. The summed E-state index contributed by atoms with van der Waals surface area (Å²) in [7, 11) is 1.66. The van der Waals surface area contributed by atoms with Crippen LogP contribution in [0.4, 0.5) is 0 Å². The SMILES string of the molecule is CCC(C)(CN)OCc1cccc(OC)c1. The fourth-order valence-corrected chi connectivity index (χ4v) is 1.33. The van der Waals surface area contributed by atoms with Gasteiger partial charge in [0.15, 0.2) is 0 Å². The van der Waals surface area contributed by atoms with Crippen LogP contribution < -0.4 is 10.5 Å². The van der Waals surface area contributed by atoms with Gasteiger partial charge in [0, 0.05) is 6.54 Å². The van der Waals surface area contributed by atoms with E-state index in [1.165, 1.54) is 0 Å². The van der Waals surface area contributed by atoms with Gasteiger partial charge >= 0.3 is 0 Å². The number of ether oxygens (including phenoxy) is 2. The van der Waals surface area contributed by atoms with Crippen molar-refractivity contribution in [2.45, 2.75) is 32.5 Å². The summed E-state index contributed by atoms with van der Waals surface area (Å²) in [5, 5.41) is 0. The molecule has 1 atom stereocenters. The summed E-state index contributed by atoms with van der Waals surface area (Å²) in [6.45, 7) is 5.22. The van der Waals surface area contributed by atoms with Gasteiger partial charge in [-0.3, -0.25) is 0 Å². The first-order chi connectivity index (χ1) is 7.63. The monoisotopic (exact) mass is 223 g/mol. The third-order valence-corrected chi connectivity index (χ3v) is 2.90. The van der Waals surface area contributed by atoms with Crippen LogP contribution in [0, 0.1) is 0 Å². The summed E-state index contributed by atoms with van der Waals surface area (Å²) in [6, 6.07) is 7.89. The lowest BCUT2D eigenvalue weighted by molar-refractivity contribution is -0.0388. The Morgan fingerprint density at radius 1 is 1.38 bits per heavy atom. The summed E-state index contributed by atoms with van der Waals surface area (Å²) >= 11 is 0. The fourth-order valence-electron chi connectivity index (χ4n) is 1.33. The predicted octanol–water partition coefficient (Wildman–Crippen LogP) is 2.34. The highest BCUT2D eigenvalue weighted by atomic mass is 16.5. The maximum absolute atomic E-state index is 5.83. The van der Waals surface area contributed by atoms with E-state index in [-0.39, 0.29) is 5.60 Å². The molecule has 16 heavy (non-hydrogen) atoms. The molecule has 1 aromatic carbocycles. The molecule has 0 amide bonds. The fraction of sp³-hybridized carbons (Fsp3) is 0.538. The first kappa shape index (κ1) is 13.0. The molecule has 0 radical (unpaired) electrons. The van der Waals surface area contributed by atoms with Crippen molar-refractivity contribution in [3.63, 3.8) is 0 Å². The molecule has 1 unspecified atom stereocenters. The Balaban J connectivity index is 2.60. The van der Waals surface area contributed by atoms with Gasteiger partial charge in [-0.2, -0.15) is 0 Å². The zero-order chi connectivity index (χ0) is 12.0. The van der Waals surface area contributed by atoms with Gasteiger partial charge in [-0.1, -0.05) is 19.1 Å². The molecule has 0 saturated carbocycles. The zero-order valence-electron chi connectivity index (χ0n) is 10.3. The molecule has 0 saturated heterocycles. The highest BCUT2D eigenvalue weighted by molar-refractivity contribution is 5.27. The Kier molecular flexibility index (Phi) is 4.77. The molecule has 0 aliphatic carbocycles. The molecule has 1 aromatic rings. The Morgan fingerprint density at radius 3 is 2.69 bits per heavy atom. The first-order valence-electron chi connectivity index (χ1n) is 5.60. The molecule has 0 aromatic heterocycles. The molecule has 0 aliphatic rings. The standard InChI is InChI=1S/C13H21NO2/c1-4-13(2,10-14)16-9-11-6-5-7-12(8-11)15-3/h5-8H,4,9-10,14H2,1-3H3. The number of nitrogens with two attached hydrogens (primary N) is 1. The summed E-state index contributed by atoms with van der Waals surface area (Å²) in [5.41, 5.74) is 6.56. The van der Waals surface area contributed by atoms with Crippen molar-refractivity contribution in [2.24, 2.45) is 5.73 Å². The molecule has 0 fully saturated rings. The lowest BCUT2D eigenvalue weighted by Gasteiger charge is -2.27. The van der Waals surface area contributed by atoms with Crippen molar-refractivity contribution in [1.29, 1.82) is 0 Å². The second-order valence-corrected chi connectivity index (χ2v) is 4.15. The topological polar surface area (TPSA) is 44.5 Å². The van der Waals surface area contributed by atoms with Gasteiger partial charge in [0.2, 0.25) is 0 Å². The van der Waals surface area contributed by atoms with Crippen molar-refractivity contribution < 1.29 is 9.47 Å². The van der Waals surface area contributed by atoms with E-state index >= 15 is 0 Å². The molecular formula is C13H21NO2. The zero-order valence-corrected chi connectivity index (χ0v) is 10.3. The van der Waals surface area contributed by atoms with E-state index in [0.717, 1.165) is 17.7 Å². The molecular weight excluding hydrogens is 202 g/mol. The van der Waals surface area contributed by atoms with Crippen molar-refractivity contribution in [3.8, 4) is 5.75 Å². The van der Waals surface area contributed by atoms with E-state index in [1.807, 2.05) is 31.2 Å². The Hall–Kier alpha value is -1.06. The minimum absolute atomic E-state index is 0.233. The molecule has 2 N–H and O–H groups in total. The predicted molar refractivity (Wildman–Crippen MR) is 65.5 cm³/mol. The van der Waals surface area contributed by atoms with Crippen LogP contribution in [0.15, 0.2) is 24.3 Å². The molecule has 0 spiro atoms. The molecule has 0 bridgehead atoms. The van der Waals surface area contributed by atoms with Crippen LogP contribution in [-0.4, -0.2) is 19.3 Å². The Labute approximate surface area is 97.6 Å². The average Bonchev–Trinajstić information content (AvgIpc) is 2.36. The van der Waals surface area contributed by atoms with Crippen molar-refractivity contribution in [2.75, 3.05) is 13.7 Å². The van der Waals surface area contributed by atoms with Crippen LogP contribution in [0.1, 0.15) is 25.8 Å². The van der Waals surface area contributed by atoms with Crippen LogP contribution in [0.5, 0.6) is 5.75 Å². The van der Waals surface area contributed by atoms with Crippen LogP contribution in [-0.2, 0) is 11.3 Å². The van der Waals surface area contributed by atoms with Crippen LogP contribution in [0.25, 0.3) is 0 Å². The second-order valence-electron chi connectivity index (χ2n) is 4.15. The summed E-state index contributed by atoms with van der Waals surface area (Å²) in [6.07, 6.45) is 0.910. The lowest BCUT2D eigenvalue weighted by Crippen LogP contribution is -2.36. The average molecular weight is 223 g/mol. The van der Waals surface area contributed by atoms with E-state index in [9.17, 15) is 0 Å². The normalized spacial score (nSPS) is 14.5. The van der Waals surface area contributed by atoms with Gasteiger partial charge in [-0.15, -0.1) is 0 Å². The minimum atomic E-state index is -0.233. The molecule has 3 heteroatoms. The van der Waals surface area contributed by atoms with Gasteiger partial charge < -0.3 is 15.2 Å². The maximum Gasteiger partial charge on any atom is 0.119 e. The summed E-state index contributed by atoms with van der Waals surface area (Å²) in [5.74, 6) is 0.854. The van der Waals surface area contributed by atoms with Gasteiger partial charge in [-0.05, 0) is 31.0 Å². The van der Waals surface area contributed by atoms with Crippen molar-refractivity contribution >= 4 is 0 Å². The van der Waals surface area contributed by atoms with E-state index < -0.39 is 0 Å². The van der Waals surface area contributed by atoms with E-state index in [4.69, 9.17) is 15.2 Å². The van der Waals surface area contributed by atoms with Crippen molar-refractivity contribution in [3.05, 3.63) is 29.8 Å². The van der Waals surface area contributed by atoms with E-state index in [0.29, 0.717) is 13.2 Å². The Bertz CT molecular complexity index is 321. The number of rotatable bonds is 6. The molecule has 3 nitrogen and oxygen atoms in total. The lowest BCUT2D eigenvalue weighted by atomic mass is 10.0.